The molecule has 3 aliphatic rings. The third kappa shape index (κ3) is 3.24. The van der Waals surface area contributed by atoms with E-state index in [2.05, 4.69) is 5.32 Å². The van der Waals surface area contributed by atoms with Gasteiger partial charge in [0.05, 0.1) is 0 Å². The monoisotopic (exact) mass is 315 g/mol. The van der Waals surface area contributed by atoms with Crippen LogP contribution < -0.4 is 5.32 Å². The molecule has 3 aliphatic heterocycles. The molecule has 0 spiro atoms. The number of carbonyl (C=O) groups is 1. The Balaban J connectivity index is 1.67. The summed E-state index contributed by atoms with van der Waals surface area (Å²) in [5.41, 5.74) is 0. The van der Waals surface area contributed by atoms with Crippen LogP contribution in [0.3, 0.4) is 0 Å². The minimum absolute atomic E-state index is 0.111. The first kappa shape index (κ1) is 15.2. The summed E-state index contributed by atoms with van der Waals surface area (Å²) >= 11 is 0. The summed E-state index contributed by atoms with van der Waals surface area (Å²) in [7, 11) is -3.32. The van der Waals surface area contributed by atoms with Crippen LogP contribution in [0.25, 0.3) is 0 Å². The van der Waals surface area contributed by atoms with E-state index in [1.54, 1.807) is 8.61 Å². The minimum Gasteiger partial charge on any atom is -0.353 e. The highest BCUT2D eigenvalue weighted by atomic mass is 32.2. The van der Waals surface area contributed by atoms with E-state index in [0.29, 0.717) is 32.6 Å². The number of hydrogen-bond acceptors (Lipinski definition) is 3. The second kappa shape index (κ2) is 6.22. The number of piperidine rings is 2. The molecule has 0 saturated carbocycles. The summed E-state index contributed by atoms with van der Waals surface area (Å²) in [6.07, 6.45) is 6.26. The second-order valence-electron chi connectivity index (χ2n) is 6.44. The number of hydrogen-bond donors (Lipinski definition) is 1. The molecule has 6 nitrogen and oxygen atoms in total. The van der Waals surface area contributed by atoms with Crippen molar-refractivity contribution in [2.75, 3.05) is 26.2 Å². The van der Waals surface area contributed by atoms with Crippen LogP contribution in [-0.2, 0) is 15.0 Å². The van der Waals surface area contributed by atoms with Crippen LogP contribution in [0, 0.1) is 5.92 Å². The smallest absolute Gasteiger partial charge is 0.281 e. The van der Waals surface area contributed by atoms with E-state index in [-0.39, 0.29) is 17.9 Å². The molecule has 1 N–H and O–H groups in total. The maximum atomic E-state index is 12.8. The van der Waals surface area contributed by atoms with Crippen LogP contribution in [0.15, 0.2) is 0 Å². The van der Waals surface area contributed by atoms with Crippen LogP contribution in [-0.4, -0.2) is 55.2 Å². The SMILES string of the molecule is O=C1CCC2CN(S(=O)(=O)N3CCCCCC3)CCC2N1. The Kier molecular flexibility index (Phi) is 4.51. The Labute approximate surface area is 127 Å². The predicted molar refractivity (Wildman–Crippen MR) is 79.8 cm³/mol. The highest BCUT2D eigenvalue weighted by molar-refractivity contribution is 7.86. The molecule has 3 rings (SSSR count). The van der Waals surface area contributed by atoms with Gasteiger partial charge in [0, 0.05) is 38.6 Å². The summed E-state index contributed by atoms with van der Waals surface area (Å²) in [6, 6.07) is 0.168. The Hall–Kier alpha value is -0.660. The molecule has 2 unspecified atom stereocenters. The van der Waals surface area contributed by atoms with Crippen molar-refractivity contribution in [2.24, 2.45) is 5.92 Å². The maximum absolute atomic E-state index is 12.8. The average Bonchev–Trinajstić information content (AvgIpc) is 2.76. The molecule has 0 radical (unpaired) electrons. The van der Waals surface area contributed by atoms with E-state index in [4.69, 9.17) is 0 Å². The van der Waals surface area contributed by atoms with Crippen LogP contribution in [0.1, 0.15) is 44.9 Å². The Morgan fingerprint density at radius 1 is 0.952 bits per heavy atom. The lowest BCUT2D eigenvalue weighted by molar-refractivity contribution is -0.124. The summed E-state index contributed by atoms with van der Waals surface area (Å²) in [5, 5.41) is 3.01. The largest absolute Gasteiger partial charge is 0.353 e. The van der Waals surface area contributed by atoms with E-state index in [0.717, 1.165) is 38.5 Å². The molecule has 3 heterocycles. The first-order valence-corrected chi connectivity index (χ1v) is 9.51. The molecule has 7 heteroatoms. The quantitative estimate of drug-likeness (QED) is 0.816. The van der Waals surface area contributed by atoms with Crippen molar-refractivity contribution in [3.05, 3.63) is 0 Å². The Morgan fingerprint density at radius 2 is 1.67 bits per heavy atom. The predicted octanol–water partition coefficient (Wildman–Crippen LogP) is 0.708. The molecule has 0 aliphatic carbocycles. The van der Waals surface area contributed by atoms with Gasteiger partial charge >= 0.3 is 0 Å². The zero-order valence-corrected chi connectivity index (χ0v) is 13.3. The van der Waals surface area contributed by atoms with Crippen molar-refractivity contribution >= 4 is 16.1 Å². The molecule has 0 aromatic rings. The number of rotatable bonds is 2. The van der Waals surface area contributed by atoms with Gasteiger partial charge in [-0.3, -0.25) is 4.79 Å². The zero-order valence-electron chi connectivity index (χ0n) is 12.5. The zero-order chi connectivity index (χ0) is 14.9. The van der Waals surface area contributed by atoms with Gasteiger partial charge in [-0.1, -0.05) is 12.8 Å². The van der Waals surface area contributed by atoms with Gasteiger partial charge in [-0.2, -0.15) is 17.0 Å². The van der Waals surface area contributed by atoms with Crippen LogP contribution in [0.5, 0.6) is 0 Å². The van der Waals surface area contributed by atoms with Crippen molar-refractivity contribution in [1.82, 2.24) is 13.9 Å². The van der Waals surface area contributed by atoms with E-state index in [1.165, 1.54) is 0 Å². The fourth-order valence-electron chi connectivity index (χ4n) is 3.72. The highest BCUT2D eigenvalue weighted by Crippen LogP contribution is 2.28. The lowest BCUT2D eigenvalue weighted by Gasteiger charge is -2.42. The molecule has 1 amide bonds. The lowest BCUT2D eigenvalue weighted by atomic mass is 9.86. The fourth-order valence-corrected chi connectivity index (χ4v) is 5.48. The molecule has 21 heavy (non-hydrogen) atoms. The number of nitrogens with one attached hydrogen (secondary N) is 1. The lowest BCUT2D eigenvalue weighted by Crippen LogP contribution is -2.57. The van der Waals surface area contributed by atoms with Gasteiger partial charge in [0.2, 0.25) is 5.91 Å². The van der Waals surface area contributed by atoms with Gasteiger partial charge in [0.1, 0.15) is 0 Å². The van der Waals surface area contributed by atoms with Crippen LogP contribution in [0.4, 0.5) is 0 Å². The van der Waals surface area contributed by atoms with Crippen molar-refractivity contribution < 1.29 is 13.2 Å². The van der Waals surface area contributed by atoms with E-state index in [1.807, 2.05) is 0 Å². The molecular formula is C14H25N3O3S. The Bertz CT molecular complexity index is 486. The third-order valence-electron chi connectivity index (χ3n) is 5.00. The molecule has 0 aromatic carbocycles. The summed E-state index contributed by atoms with van der Waals surface area (Å²) < 4.78 is 28.9. The first-order chi connectivity index (χ1) is 10.1. The van der Waals surface area contributed by atoms with Crippen molar-refractivity contribution in [3.63, 3.8) is 0 Å². The topological polar surface area (TPSA) is 69.7 Å². The average molecular weight is 315 g/mol. The van der Waals surface area contributed by atoms with E-state index < -0.39 is 10.2 Å². The third-order valence-corrected chi connectivity index (χ3v) is 7.00. The molecule has 3 saturated heterocycles. The van der Waals surface area contributed by atoms with Crippen molar-refractivity contribution in [2.45, 2.75) is 51.0 Å². The van der Waals surface area contributed by atoms with E-state index >= 15 is 0 Å². The molecule has 0 aromatic heterocycles. The number of fused-ring (bicyclic) bond motifs is 1. The standard InChI is InChI=1S/C14H25N3O3S/c18-14-6-5-12-11-17(10-7-13(12)15-14)21(19,20)16-8-3-1-2-4-9-16/h12-13H,1-11H2,(H,15,18). The van der Waals surface area contributed by atoms with Gasteiger partial charge in [-0.15, -0.1) is 0 Å². The first-order valence-electron chi connectivity index (χ1n) is 8.12. The van der Waals surface area contributed by atoms with Gasteiger partial charge in [0.15, 0.2) is 0 Å². The maximum Gasteiger partial charge on any atom is 0.281 e. The van der Waals surface area contributed by atoms with Gasteiger partial charge in [0.25, 0.3) is 10.2 Å². The number of amides is 1. The van der Waals surface area contributed by atoms with E-state index in [9.17, 15) is 13.2 Å². The second-order valence-corrected chi connectivity index (χ2v) is 8.37. The Morgan fingerprint density at radius 3 is 2.38 bits per heavy atom. The summed E-state index contributed by atoms with van der Waals surface area (Å²) in [5.74, 6) is 0.387. The normalized spacial score (nSPS) is 33.0. The molecule has 2 atom stereocenters. The van der Waals surface area contributed by atoms with Gasteiger partial charge < -0.3 is 5.32 Å². The molecule has 0 bridgehead atoms. The van der Waals surface area contributed by atoms with Crippen molar-refractivity contribution in [1.29, 1.82) is 0 Å². The van der Waals surface area contributed by atoms with Gasteiger partial charge in [-0.25, -0.2) is 0 Å². The number of nitrogens with zero attached hydrogens (tertiary/aromatic N) is 2. The van der Waals surface area contributed by atoms with Crippen LogP contribution >= 0.6 is 0 Å². The summed E-state index contributed by atoms with van der Waals surface area (Å²) in [6.45, 7) is 2.40. The molecule has 120 valence electrons. The van der Waals surface area contributed by atoms with Crippen molar-refractivity contribution in [3.8, 4) is 0 Å². The fraction of sp³-hybridized carbons (Fsp3) is 0.929. The highest BCUT2D eigenvalue weighted by Gasteiger charge is 2.39. The summed E-state index contributed by atoms with van der Waals surface area (Å²) in [4.78, 5) is 11.4. The molecular weight excluding hydrogens is 290 g/mol. The molecule has 3 fully saturated rings. The number of carbonyl (C=O) groups excluding carboxylic acids is 1. The van der Waals surface area contributed by atoms with Gasteiger partial charge in [-0.05, 0) is 31.6 Å². The minimum atomic E-state index is -3.32. The van der Waals surface area contributed by atoms with Crippen LogP contribution in [0.2, 0.25) is 0 Å².